The molecule has 0 aliphatic carbocycles. The summed E-state index contributed by atoms with van der Waals surface area (Å²) in [6, 6.07) is 19.1. The lowest BCUT2D eigenvalue weighted by atomic mass is 9.88. The third kappa shape index (κ3) is 5.65. The molecule has 2 aromatic heterocycles. The first-order chi connectivity index (χ1) is 19.0. The molecular weight excluding hydrogens is 495 g/mol. The number of methoxy groups -OCH3 is 1. The monoisotopic (exact) mass is 530 g/mol. The van der Waals surface area contributed by atoms with Crippen LogP contribution >= 0.6 is 0 Å². The molecule has 0 saturated carbocycles. The van der Waals surface area contributed by atoms with Crippen molar-refractivity contribution in [2.24, 2.45) is 7.05 Å². The summed E-state index contributed by atoms with van der Waals surface area (Å²) >= 11 is 0. The van der Waals surface area contributed by atoms with E-state index in [-0.39, 0.29) is 30.3 Å². The maximum Gasteiger partial charge on any atom is 0.226 e. The van der Waals surface area contributed by atoms with Crippen LogP contribution in [0.25, 0.3) is 16.9 Å². The summed E-state index contributed by atoms with van der Waals surface area (Å²) in [6.07, 6.45) is 3.84. The van der Waals surface area contributed by atoms with Crippen LogP contribution in [0.3, 0.4) is 0 Å². The Hall–Kier alpha value is -3.82. The summed E-state index contributed by atoms with van der Waals surface area (Å²) in [7, 11) is 3.51. The number of para-hydroxylation sites is 1. The fourth-order valence-electron chi connectivity index (χ4n) is 5.67. The summed E-state index contributed by atoms with van der Waals surface area (Å²) in [5, 5.41) is 12.5. The van der Waals surface area contributed by atoms with Gasteiger partial charge in [-0.3, -0.25) is 14.4 Å². The number of ether oxygens (including phenoxy) is 1. The van der Waals surface area contributed by atoms with E-state index in [9.17, 15) is 9.18 Å². The molecule has 1 aliphatic rings. The number of nitrogens with one attached hydrogen (secondary N) is 1. The number of carbonyl (C=O) groups excluding carboxylic acids is 1. The maximum absolute atomic E-state index is 14.4. The van der Waals surface area contributed by atoms with Crippen molar-refractivity contribution in [3.63, 3.8) is 0 Å². The Morgan fingerprint density at radius 1 is 1.13 bits per heavy atom. The quantitative estimate of drug-likeness (QED) is 0.339. The van der Waals surface area contributed by atoms with E-state index >= 15 is 0 Å². The van der Waals surface area contributed by atoms with Gasteiger partial charge in [-0.2, -0.15) is 10.2 Å². The molecule has 4 aromatic rings. The minimum Gasteiger partial charge on any atom is -0.383 e. The van der Waals surface area contributed by atoms with E-state index in [1.54, 1.807) is 18.0 Å². The lowest BCUT2D eigenvalue weighted by Gasteiger charge is -2.26. The topological polar surface area (TPSA) is 77.2 Å². The summed E-state index contributed by atoms with van der Waals surface area (Å²) in [4.78, 5) is 15.7. The highest BCUT2D eigenvalue weighted by molar-refractivity contribution is 5.80. The molecule has 204 valence electrons. The molecule has 0 unspecified atom stereocenters. The van der Waals surface area contributed by atoms with E-state index in [1.807, 2.05) is 85.5 Å². The van der Waals surface area contributed by atoms with E-state index in [1.165, 1.54) is 0 Å². The first kappa shape index (κ1) is 26.8. The van der Waals surface area contributed by atoms with Crippen molar-refractivity contribution in [1.82, 2.24) is 29.8 Å². The zero-order valence-electron chi connectivity index (χ0n) is 22.6. The fourth-order valence-corrected chi connectivity index (χ4v) is 5.67. The van der Waals surface area contributed by atoms with Gasteiger partial charge < -0.3 is 10.1 Å². The van der Waals surface area contributed by atoms with Gasteiger partial charge in [0.15, 0.2) is 0 Å². The van der Waals surface area contributed by atoms with Crippen molar-refractivity contribution in [3.05, 3.63) is 89.9 Å². The van der Waals surface area contributed by atoms with Gasteiger partial charge in [0, 0.05) is 57.0 Å². The number of rotatable bonds is 10. The molecule has 0 spiro atoms. The molecule has 0 bridgehead atoms. The van der Waals surface area contributed by atoms with Gasteiger partial charge in [0.05, 0.1) is 36.3 Å². The van der Waals surface area contributed by atoms with Gasteiger partial charge >= 0.3 is 0 Å². The SMILES string of the molecule is COCCN1C[C@@H](NC(=O)Cc2c(C)c(-c3cnn(C)c3)nn2-c2ccccc2)[C@H](c2ccccc2)[C@H]1CF. The van der Waals surface area contributed by atoms with Crippen molar-refractivity contribution >= 4 is 5.91 Å². The van der Waals surface area contributed by atoms with E-state index in [0.29, 0.717) is 19.7 Å². The van der Waals surface area contributed by atoms with Crippen LogP contribution in [-0.4, -0.2) is 75.9 Å². The Morgan fingerprint density at radius 3 is 2.49 bits per heavy atom. The normalized spacial score (nSPS) is 19.4. The fraction of sp³-hybridized carbons (Fsp3) is 0.367. The standard InChI is InChI=1S/C30H35FN6O2/c1-21-26(37(24-12-8-5-9-13-24)34-30(21)23-18-32-35(2)19-23)16-28(38)33-25-20-36(14-15-39-3)27(17-31)29(25)22-10-6-4-7-11-22/h4-13,18-19,25,27,29H,14-17,20H2,1-3H3,(H,33,38)/t25-,27-,29+/m1/s1. The number of halogens is 1. The molecule has 1 N–H and O–H groups in total. The van der Waals surface area contributed by atoms with Crippen molar-refractivity contribution in [3.8, 4) is 16.9 Å². The second-order valence-electron chi connectivity index (χ2n) is 10.1. The Labute approximate surface area is 228 Å². The lowest BCUT2D eigenvalue weighted by molar-refractivity contribution is -0.121. The third-order valence-electron chi connectivity index (χ3n) is 7.57. The minimum atomic E-state index is -0.496. The molecule has 5 rings (SSSR count). The van der Waals surface area contributed by atoms with E-state index in [4.69, 9.17) is 9.84 Å². The predicted molar refractivity (Wildman–Crippen MR) is 149 cm³/mol. The molecule has 2 aromatic carbocycles. The third-order valence-corrected chi connectivity index (χ3v) is 7.57. The van der Waals surface area contributed by atoms with Crippen molar-refractivity contribution in [2.45, 2.75) is 31.3 Å². The summed E-state index contributed by atoms with van der Waals surface area (Å²) < 4.78 is 23.3. The number of alkyl halides is 1. The first-order valence-corrected chi connectivity index (χ1v) is 13.3. The molecule has 0 radical (unpaired) electrons. The van der Waals surface area contributed by atoms with Gasteiger partial charge in [0.2, 0.25) is 5.91 Å². The van der Waals surface area contributed by atoms with E-state index < -0.39 is 6.67 Å². The van der Waals surface area contributed by atoms with Crippen LogP contribution in [0, 0.1) is 6.92 Å². The molecule has 1 aliphatic heterocycles. The largest absolute Gasteiger partial charge is 0.383 e. The Kier molecular flexibility index (Phi) is 8.18. The number of likely N-dealkylation sites (tertiary alicyclic amines) is 1. The number of carbonyl (C=O) groups is 1. The van der Waals surface area contributed by atoms with Crippen molar-refractivity contribution in [1.29, 1.82) is 0 Å². The number of hydrogen-bond acceptors (Lipinski definition) is 5. The number of aromatic nitrogens is 4. The Morgan fingerprint density at radius 2 is 1.85 bits per heavy atom. The summed E-state index contributed by atoms with van der Waals surface area (Å²) in [5.74, 6) is -0.284. The van der Waals surface area contributed by atoms with Gasteiger partial charge in [-0.05, 0) is 30.2 Å². The number of aryl methyl sites for hydroxylation is 1. The molecule has 3 atom stereocenters. The Bertz CT molecular complexity index is 1390. The van der Waals surface area contributed by atoms with E-state index in [2.05, 4.69) is 15.3 Å². The smallest absolute Gasteiger partial charge is 0.226 e. The molecule has 1 fully saturated rings. The van der Waals surface area contributed by atoms with Crippen LogP contribution in [0.4, 0.5) is 4.39 Å². The second kappa shape index (κ2) is 11.9. The van der Waals surface area contributed by atoms with Crippen LogP contribution < -0.4 is 5.32 Å². The molecule has 8 nitrogen and oxygen atoms in total. The highest BCUT2D eigenvalue weighted by Gasteiger charge is 2.43. The van der Waals surface area contributed by atoms with E-state index in [0.717, 1.165) is 33.8 Å². The number of nitrogens with zero attached hydrogens (tertiary/aromatic N) is 5. The summed E-state index contributed by atoms with van der Waals surface area (Å²) in [6.45, 7) is 3.16. The van der Waals surface area contributed by atoms with Crippen LogP contribution in [0.1, 0.15) is 22.7 Å². The molecule has 39 heavy (non-hydrogen) atoms. The number of amides is 1. The van der Waals surface area contributed by atoms with Gasteiger partial charge in [-0.1, -0.05) is 48.5 Å². The average Bonchev–Trinajstić information content (AvgIpc) is 3.63. The first-order valence-electron chi connectivity index (χ1n) is 13.3. The predicted octanol–water partition coefficient (Wildman–Crippen LogP) is 3.69. The van der Waals surface area contributed by atoms with Gasteiger partial charge in [0.25, 0.3) is 0 Å². The molecular formula is C30H35FN6O2. The number of hydrogen-bond donors (Lipinski definition) is 1. The van der Waals surface area contributed by atoms with Crippen LogP contribution in [0.15, 0.2) is 73.1 Å². The highest BCUT2D eigenvalue weighted by Crippen LogP contribution is 2.34. The van der Waals surface area contributed by atoms with Gasteiger partial charge in [0.1, 0.15) is 6.67 Å². The van der Waals surface area contributed by atoms with Crippen LogP contribution in [-0.2, 0) is 23.0 Å². The molecule has 3 heterocycles. The number of benzene rings is 2. The maximum atomic E-state index is 14.4. The highest BCUT2D eigenvalue weighted by atomic mass is 19.1. The zero-order chi connectivity index (χ0) is 27.4. The molecule has 1 amide bonds. The Balaban J connectivity index is 1.44. The average molecular weight is 531 g/mol. The van der Waals surface area contributed by atoms with Crippen LogP contribution in [0.2, 0.25) is 0 Å². The molecule has 1 saturated heterocycles. The lowest BCUT2D eigenvalue weighted by Crippen LogP contribution is -2.41. The van der Waals surface area contributed by atoms with Crippen molar-refractivity contribution in [2.75, 3.05) is 33.5 Å². The van der Waals surface area contributed by atoms with Gasteiger partial charge in [-0.15, -0.1) is 0 Å². The minimum absolute atomic E-state index is 0.120. The van der Waals surface area contributed by atoms with Gasteiger partial charge in [-0.25, -0.2) is 9.07 Å². The van der Waals surface area contributed by atoms with Crippen molar-refractivity contribution < 1.29 is 13.9 Å². The zero-order valence-corrected chi connectivity index (χ0v) is 22.6. The molecule has 9 heteroatoms. The van der Waals surface area contributed by atoms with Crippen LogP contribution in [0.5, 0.6) is 0 Å². The second-order valence-corrected chi connectivity index (χ2v) is 10.1. The summed E-state index contributed by atoms with van der Waals surface area (Å²) in [5.41, 5.74) is 5.33.